The Balaban J connectivity index is 1.87. The average Bonchev–Trinajstić information content (AvgIpc) is 2.50. The standard InChI is InChI=1S/C17H17ClO3S/c1-12-2-8-15(9-3-12)22-11-10-16(17(19)20)21-14-6-4-13(18)5-7-14/h2-9,16H,10-11H2,1H3,(H,19,20). The summed E-state index contributed by atoms with van der Waals surface area (Å²) >= 11 is 7.42. The van der Waals surface area contributed by atoms with Crippen molar-refractivity contribution >= 4 is 29.3 Å². The first-order valence-electron chi connectivity index (χ1n) is 6.89. The molecular formula is C17H17ClO3S. The van der Waals surface area contributed by atoms with Crippen LogP contribution in [0.15, 0.2) is 53.4 Å². The molecule has 0 heterocycles. The maximum absolute atomic E-state index is 11.3. The maximum Gasteiger partial charge on any atom is 0.344 e. The van der Waals surface area contributed by atoms with E-state index >= 15 is 0 Å². The summed E-state index contributed by atoms with van der Waals surface area (Å²) in [4.78, 5) is 12.4. The van der Waals surface area contributed by atoms with E-state index in [1.54, 1.807) is 36.0 Å². The first-order chi connectivity index (χ1) is 10.5. The van der Waals surface area contributed by atoms with Crippen LogP contribution >= 0.6 is 23.4 Å². The zero-order valence-corrected chi connectivity index (χ0v) is 13.7. The molecule has 1 N–H and O–H groups in total. The quantitative estimate of drug-likeness (QED) is 0.747. The average molecular weight is 337 g/mol. The highest BCUT2D eigenvalue weighted by Crippen LogP contribution is 2.22. The van der Waals surface area contributed by atoms with Gasteiger partial charge in [-0.15, -0.1) is 11.8 Å². The van der Waals surface area contributed by atoms with Crippen molar-refractivity contribution in [3.8, 4) is 5.75 Å². The number of halogens is 1. The number of carboxylic acid groups (broad SMARTS) is 1. The van der Waals surface area contributed by atoms with Crippen molar-refractivity contribution in [2.24, 2.45) is 0 Å². The molecule has 2 aromatic rings. The number of thioether (sulfide) groups is 1. The van der Waals surface area contributed by atoms with Crippen LogP contribution in [0.5, 0.6) is 5.75 Å². The van der Waals surface area contributed by atoms with Crippen molar-refractivity contribution in [1.82, 2.24) is 0 Å². The summed E-state index contributed by atoms with van der Waals surface area (Å²) in [6.07, 6.45) is -0.435. The van der Waals surface area contributed by atoms with Crippen LogP contribution in [0.4, 0.5) is 0 Å². The Morgan fingerprint density at radius 3 is 2.41 bits per heavy atom. The van der Waals surface area contributed by atoms with E-state index in [1.165, 1.54) is 5.56 Å². The fourth-order valence-electron chi connectivity index (χ4n) is 1.83. The lowest BCUT2D eigenvalue weighted by molar-refractivity contribution is -0.145. The van der Waals surface area contributed by atoms with Gasteiger partial charge in [0.25, 0.3) is 0 Å². The van der Waals surface area contributed by atoms with Gasteiger partial charge in [0.2, 0.25) is 0 Å². The zero-order valence-electron chi connectivity index (χ0n) is 12.2. The highest BCUT2D eigenvalue weighted by atomic mass is 35.5. The fourth-order valence-corrected chi connectivity index (χ4v) is 2.85. The number of ether oxygens (including phenoxy) is 1. The summed E-state index contributed by atoms with van der Waals surface area (Å²) in [7, 11) is 0. The van der Waals surface area contributed by atoms with Crippen LogP contribution in [0, 0.1) is 6.92 Å². The van der Waals surface area contributed by atoms with Gasteiger partial charge in [-0.1, -0.05) is 29.3 Å². The molecule has 0 fully saturated rings. The van der Waals surface area contributed by atoms with Crippen LogP contribution in [0.25, 0.3) is 0 Å². The second-order valence-electron chi connectivity index (χ2n) is 4.85. The van der Waals surface area contributed by atoms with Gasteiger partial charge in [0.1, 0.15) is 5.75 Å². The van der Waals surface area contributed by atoms with Crippen LogP contribution in [0.2, 0.25) is 5.02 Å². The molecule has 0 aromatic heterocycles. The van der Waals surface area contributed by atoms with E-state index in [1.807, 2.05) is 31.2 Å². The van der Waals surface area contributed by atoms with Gasteiger partial charge in [-0.05, 0) is 43.3 Å². The number of hydrogen-bond donors (Lipinski definition) is 1. The smallest absolute Gasteiger partial charge is 0.344 e. The minimum Gasteiger partial charge on any atom is -0.479 e. The van der Waals surface area contributed by atoms with Gasteiger partial charge >= 0.3 is 5.97 Å². The number of aryl methyl sites for hydroxylation is 1. The van der Waals surface area contributed by atoms with Gasteiger partial charge in [-0.25, -0.2) is 4.79 Å². The Bertz CT molecular complexity index is 611. The molecule has 2 aromatic carbocycles. The fraction of sp³-hybridized carbons (Fsp3) is 0.235. The third kappa shape index (κ3) is 5.28. The van der Waals surface area contributed by atoms with Crippen molar-refractivity contribution in [3.63, 3.8) is 0 Å². The van der Waals surface area contributed by atoms with Gasteiger partial charge in [-0.2, -0.15) is 0 Å². The molecule has 0 aliphatic rings. The summed E-state index contributed by atoms with van der Waals surface area (Å²) in [5, 5.41) is 9.85. The lowest BCUT2D eigenvalue weighted by Crippen LogP contribution is -2.27. The topological polar surface area (TPSA) is 46.5 Å². The zero-order chi connectivity index (χ0) is 15.9. The molecule has 22 heavy (non-hydrogen) atoms. The predicted molar refractivity (Wildman–Crippen MR) is 90.0 cm³/mol. The largest absolute Gasteiger partial charge is 0.479 e. The van der Waals surface area contributed by atoms with Crippen LogP contribution in [0.1, 0.15) is 12.0 Å². The van der Waals surface area contributed by atoms with Gasteiger partial charge in [0.15, 0.2) is 6.10 Å². The van der Waals surface area contributed by atoms with Crippen molar-refractivity contribution in [2.45, 2.75) is 24.3 Å². The van der Waals surface area contributed by atoms with Crippen molar-refractivity contribution in [3.05, 3.63) is 59.1 Å². The van der Waals surface area contributed by atoms with Crippen molar-refractivity contribution < 1.29 is 14.6 Å². The molecule has 5 heteroatoms. The van der Waals surface area contributed by atoms with Gasteiger partial charge in [0.05, 0.1) is 0 Å². The summed E-state index contributed by atoms with van der Waals surface area (Å²) in [6, 6.07) is 14.9. The molecule has 0 radical (unpaired) electrons. The molecule has 2 rings (SSSR count). The van der Waals surface area contributed by atoms with E-state index in [2.05, 4.69) is 0 Å². The SMILES string of the molecule is Cc1ccc(SCCC(Oc2ccc(Cl)cc2)C(=O)O)cc1. The molecule has 3 nitrogen and oxygen atoms in total. The molecule has 0 spiro atoms. The minimum absolute atomic E-state index is 0.427. The van der Waals surface area contributed by atoms with Gasteiger partial charge in [0, 0.05) is 22.1 Å². The van der Waals surface area contributed by atoms with E-state index in [0.29, 0.717) is 22.9 Å². The third-order valence-corrected chi connectivity index (χ3v) is 4.33. The predicted octanol–water partition coefficient (Wildman–Crippen LogP) is 4.66. The molecular weight excluding hydrogens is 320 g/mol. The minimum atomic E-state index is -0.959. The molecule has 1 atom stereocenters. The van der Waals surface area contributed by atoms with Crippen LogP contribution < -0.4 is 4.74 Å². The monoisotopic (exact) mass is 336 g/mol. The molecule has 0 saturated heterocycles. The third-order valence-electron chi connectivity index (χ3n) is 3.04. The van der Waals surface area contributed by atoms with Crippen LogP contribution in [-0.4, -0.2) is 22.9 Å². The van der Waals surface area contributed by atoms with Crippen LogP contribution in [-0.2, 0) is 4.79 Å². The summed E-state index contributed by atoms with van der Waals surface area (Å²) in [5.74, 6) is 0.227. The lowest BCUT2D eigenvalue weighted by Gasteiger charge is -2.15. The van der Waals surface area contributed by atoms with Gasteiger partial charge < -0.3 is 9.84 Å². The molecule has 0 aliphatic heterocycles. The van der Waals surface area contributed by atoms with E-state index in [0.717, 1.165) is 4.90 Å². The molecule has 0 saturated carbocycles. The second kappa shape index (κ2) is 8.11. The van der Waals surface area contributed by atoms with Gasteiger partial charge in [-0.3, -0.25) is 0 Å². The molecule has 116 valence electrons. The van der Waals surface area contributed by atoms with Crippen molar-refractivity contribution in [2.75, 3.05) is 5.75 Å². The molecule has 0 amide bonds. The Labute approximate surface area is 139 Å². The maximum atomic E-state index is 11.3. The van der Waals surface area contributed by atoms with Crippen molar-refractivity contribution in [1.29, 1.82) is 0 Å². The summed E-state index contributed by atoms with van der Waals surface area (Å²) in [5.41, 5.74) is 1.21. The second-order valence-corrected chi connectivity index (χ2v) is 6.45. The Morgan fingerprint density at radius 2 is 1.82 bits per heavy atom. The van der Waals surface area contributed by atoms with Crippen LogP contribution in [0.3, 0.4) is 0 Å². The number of hydrogen-bond acceptors (Lipinski definition) is 3. The number of carbonyl (C=O) groups is 1. The first-order valence-corrected chi connectivity index (χ1v) is 8.25. The first kappa shape index (κ1) is 16.7. The number of carboxylic acids is 1. The molecule has 0 aliphatic carbocycles. The molecule has 0 bridgehead atoms. The Kier molecular flexibility index (Phi) is 6.16. The van der Waals surface area contributed by atoms with E-state index < -0.39 is 12.1 Å². The highest BCUT2D eigenvalue weighted by molar-refractivity contribution is 7.99. The van der Waals surface area contributed by atoms with E-state index in [4.69, 9.17) is 16.3 Å². The number of rotatable bonds is 7. The summed E-state index contributed by atoms with van der Waals surface area (Å²) < 4.78 is 5.52. The highest BCUT2D eigenvalue weighted by Gasteiger charge is 2.19. The normalized spacial score (nSPS) is 11.9. The molecule has 1 unspecified atom stereocenters. The van der Waals surface area contributed by atoms with E-state index in [-0.39, 0.29) is 0 Å². The summed E-state index contributed by atoms with van der Waals surface area (Å²) in [6.45, 7) is 2.04. The Morgan fingerprint density at radius 1 is 1.18 bits per heavy atom. The lowest BCUT2D eigenvalue weighted by atomic mass is 10.2. The van der Waals surface area contributed by atoms with E-state index in [9.17, 15) is 9.90 Å². The Hall–Kier alpha value is -1.65. The number of aliphatic carboxylic acids is 1. The number of benzene rings is 2.